The molecule has 0 saturated heterocycles. The second-order valence-electron chi connectivity index (χ2n) is 2.50. The van der Waals surface area contributed by atoms with Crippen LogP contribution in [-0.4, -0.2) is 22.4 Å². The first-order chi connectivity index (χ1) is 6.24. The summed E-state index contributed by atoms with van der Waals surface area (Å²) in [6, 6.07) is 0. The van der Waals surface area contributed by atoms with Crippen molar-refractivity contribution >= 4 is 17.5 Å². The van der Waals surface area contributed by atoms with Gasteiger partial charge in [-0.05, 0) is 18.0 Å². The molecule has 0 fully saturated rings. The highest BCUT2D eigenvalue weighted by Crippen LogP contribution is 2.00. The number of halogens is 1. The summed E-state index contributed by atoms with van der Waals surface area (Å²) in [4.78, 5) is 18.7. The Labute approximate surface area is 81.3 Å². The van der Waals surface area contributed by atoms with Gasteiger partial charge in [0.05, 0.1) is 5.56 Å². The minimum atomic E-state index is -0.168. The van der Waals surface area contributed by atoms with Gasteiger partial charge in [0, 0.05) is 18.9 Å². The number of amides is 1. The molecule has 1 aromatic heterocycles. The molecule has 0 aliphatic rings. The number of nitrogens with zero attached hydrogens (tertiary/aromatic N) is 2. The number of hydrogen-bond donors (Lipinski definition) is 1. The van der Waals surface area contributed by atoms with Crippen LogP contribution in [0, 0.1) is 0 Å². The highest BCUT2D eigenvalue weighted by molar-refractivity contribution is 6.28. The molecule has 1 heterocycles. The zero-order chi connectivity index (χ0) is 9.68. The lowest BCUT2D eigenvalue weighted by atomic mass is 10.3. The van der Waals surface area contributed by atoms with Crippen molar-refractivity contribution in [2.24, 2.45) is 0 Å². The Kier molecular flexibility index (Phi) is 3.64. The van der Waals surface area contributed by atoms with Crippen LogP contribution in [-0.2, 0) is 0 Å². The fourth-order valence-corrected chi connectivity index (χ4v) is 0.868. The third-order valence-electron chi connectivity index (χ3n) is 1.42. The molecule has 1 rings (SSSR count). The molecule has 0 bridgehead atoms. The number of rotatable bonds is 3. The van der Waals surface area contributed by atoms with Crippen LogP contribution in [0.2, 0.25) is 5.28 Å². The van der Waals surface area contributed by atoms with Gasteiger partial charge in [-0.2, -0.15) is 0 Å². The standard InChI is InChI=1S/C8H10ClN3O/c1-2-3-10-7(13)6-4-11-8(9)12-5-6/h4-5H,2-3H2,1H3,(H,10,13). The molecule has 13 heavy (non-hydrogen) atoms. The molecule has 0 aromatic carbocycles. The second-order valence-corrected chi connectivity index (χ2v) is 2.83. The molecule has 1 amide bonds. The third-order valence-corrected chi connectivity index (χ3v) is 1.61. The van der Waals surface area contributed by atoms with E-state index in [2.05, 4.69) is 15.3 Å². The fraction of sp³-hybridized carbons (Fsp3) is 0.375. The maximum Gasteiger partial charge on any atom is 0.254 e. The van der Waals surface area contributed by atoms with Crippen LogP contribution >= 0.6 is 11.6 Å². The minimum absolute atomic E-state index is 0.145. The molecule has 0 aliphatic heterocycles. The molecule has 70 valence electrons. The van der Waals surface area contributed by atoms with Crippen LogP contribution in [0.4, 0.5) is 0 Å². The molecule has 0 aliphatic carbocycles. The predicted octanol–water partition coefficient (Wildman–Crippen LogP) is 1.27. The maximum absolute atomic E-state index is 11.3. The summed E-state index contributed by atoms with van der Waals surface area (Å²) in [5.41, 5.74) is 0.429. The van der Waals surface area contributed by atoms with Crippen molar-refractivity contribution in [2.45, 2.75) is 13.3 Å². The lowest BCUT2D eigenvalue weighted by Crippen LogP contribution is -2.24. The molecule has 0 unspecified atom stereocenters. The van der Waals surface area contributed by atoms with Crippen molar-refractivity contribution in [1.29, 1.82) is 0 Å². The Morgan fingerprint density at radius 3 is 2.69 bits per heavy atom. The van der Waals surface area contributed by atoms with Gasteiger partial charge in [0.2, 0.25) is 5.28 Å². The summed E-state index contributed by atoms with van der Waals surface area (Å²) >= 11 is 5.47. The molecular weight excluding hydrogens is 190 g/mol. The number of carbonyl (C=O) groups excluding carboxylic acids is 1. The van der Waals surface area contributed by atoms with E-state index in [4.69, 9.17) is 11.6 Å². The normalized spacial score (nSPS) is 9.69. The second kappa shape index (κ2) is 4.77. The molecular formula is C8H10ClN3O. The van der Waals surface area contributed by atoms with Gasteiger partial charge in [0.1, 0.15) is 0 Å². The van der Waals surface area contributed by atoms with Crippen molar-refractivity contribution in [3.8, 4) is 0 Å². The molecule has 1 aromatic rings. The van der Waals surface area contributed by atoms with Crippen LogP contribution in [0.3, 0.4) is 0 Å². The van der Waals surface area contributed by atoms with Gasteiger partial charge < -0.3 is 5.32 Å². The molecule has 0 saturated carbocycles. The summed E-state index contributed by atoms with van der Waals surface area (Å²) in [7, 11) is 0. The molecule has 0 spiro atoms. The summed E-state index contributed by atoms with van der Waals surface area (Å²) in [5.74, 6) is -0.168. The minimum Gasteiger partial charge on any atom is -0.352 e. The monoisotopic (exact) mass is 199 g/mol. The SMILES string of the molecule is CCCNC(=O)c1cnc(Cl)nc1. The Hall–Kier alpha value is -1.16. The van der Waals surface area contributed by atoms with E-state index in [1.54, 1.807) is 0 Å². The first kappa shape index (κ1) is 9.92. The number of hydrogen-bond acceptors (Lipinski definition) is 3. The van der Waals surface area contributed by atoms with Gasteiger partial charge in [0.25, 0.3) is 5.91 Å². The molecule has 5 heteroatoms. The van der Waals surface area contributed by atoms with Crippen molar-refractivity contribution in [3.05, 3.63) is 23.2 Å². The first-order valence-corrected chi connectivity index (χ1v) is 4.37. The van der Waals surface area contributed by atoms with E-state index in [0.717, 1.165) is 6.42 Å². The van der Waals surface area contributed by atoms with Crippen molar-refractivity contribution in [3.63, 3.8) is 0 Å². The summed E-state index contributed by atoms with van der Waals surface area (Å²) in [5, 5.41) is 2.85. The first-order valence-electron chi connectivity index (χ1n) is 3.99. The van der Waals surface area contributed by atoms with Crippen LogP contribution in [0.1, 0.15) is 23.7 Å². The summed E-state index contributed by atoms with van der Waals surface area (Å²) < 4.78 is 0. The Morgan fingerprint density at radius 1 is 1.54 bits per heavy atom. The zero-order valence-electron chi connectivity index (χ0n) is 7.25. The predicted molar refractivity (Wildman–Crippen MR) is 49.7 cm³/mol. The highest BCUT2D eigenvalue weighted by Gasteiger charge is 2.04. The van der Waals surface area contributed by atoms with Gasteiger partial charge in [-0.3, -0.25) is 4.79 Å². The third kappa shape index (κ3) is 2.99. The average Bonchev–Trinajstić information content (AvgIpc) is 2.15. The Morgan fingerprint density at radius 2 is 2.15 bits per heavy atom. The molecule has 0 radical (unpaired) electrons. The van der Waals surface area contributed by atoms with Crippen molar-refractivity contribution in [1.82, 2.24) is 15.3 Å². The van der Waals surface area contributed by atoms with Gasteiger partial charge in [0.15, 0.2) is 0 Å². The smallest absolute Gasteiger partial charge is 0.254 e. The van der Waals surface area contributed by atoms with E-state index >= 15 is 0 Å². The number of aromatic nitrogens is 2. The van der Waals surface area contributed by atoms with E-state index in [1.807, 2.05) is 6.92 Å². The van der Waals surface area contributed by atoms with Crippen molar-refractivity contribution in [2.75, 3.05) is 6.54 Å². The lowest BCUT2D eigenvalue weighted by molar-refractivity contribution is 0.0953. The quantitative estimate of drug-likeness (QED) is 0.746. The average molecular weight is 200 g/mol. The van der Waals surface area contributed by atoms with Gasteiger partial charge in [-0.25, -0.2) is 9.97 Å². The van der Waals surface area contributed by atoms with Crippen LogP contribution < -0.4 is 5.32 Å². The Bertz CT molecular complexity index is 286. The molecule has 0 atom stereocenters. The van der Waals surface area contributed by atoms with E-state index in [9.17, 15) is 4.79 Å². The van der Waals surface area contributed by atoms with Crippen LogP contribution in [0.15, 0.2) is 12.4 Å². The van der Waals surface area contributed by atoms with Gasteiger partial charge in [-0.1, -0.05) is 6.92 Å². The topological polar surface area (TPSA) is 54.9 Å². The number of carbonyl (C=O) groups is 1. The van der Waals surface area contributed by atoms with E-state index in [0.29, 0.717) is 12.1 Å². The zero-order valence-corrected chi connectivity index (χ0v) is 8.01. The number of nitrogens with one attached hydrogen (secondary N) is 1. The lowest BCUT2D eigenvalue weighted by Gasteiger charge is -2.01. The summed E-state index contributed by atoms with van der Waals surface area (Å²) in [6.07, 6.45) is 3.71. The van der Waals surface area contributed by atoms with E-state index in [-0.39, 0.29) is 11.2 Å². The van der Waals surface area contributed by atoms with Crippen LogP contribution in [0.5, 0.6) is 0 Å². The Balaban J connectivity index is 2.61. The van der Waals surface area contributed by atoms with E-state index < -0.39 is 0 Å². The maximum atomic E-state index is 11.3. The van der Waals surface area contributed by atoms with Crippen molar-refractivity contribution < 1.29 is 4.79 Å². The van der Waals surface area contributed by atoms with Crippen LogP contribution in [0.25, 0.3) is 0 Å². The molecule has 1 N–H and O–H groups in total. The van der Waals surface area contributed by atoms with Gasteiger partial charge in [-0.15, -0.1) is 0 Å². The molecule has 4 nitrogen and oxygen atoms in total. The largest absolute Gasteiger partial charge is 0.352 e. The summed E-state index contributed by atoms with van der Waals surface area (Å²) in [6.45, 7) is 2.64. The van der Waals surface area contributed by atoms with Gasteiger partial charge >= 0.3 is 0 Å². The fourth-order valence-electron chi connectivity index (χ4n) is 0.770. The van der Waals surface area contributed by atoms with E-state index in [1.165, 1.54) is 12.4 Å². The highest BCUT2D eigenvalue weighted by atomic mass is 35.5.